The molecular weight excluding hydrogens is 330 g/mol. The van der Waals surface area contributed by atoms with E-state index in [1.165, 1.54) is 13.2 Å². The van der Waals surface area contributed by atoms with Gasteiger partial charge in [-0.25, -0.2) is 0 Å². The molecule has 0 bridgehead atoms. The van der Waals surface area contributed by atoms with E-state index in [0.717, 1.165) is 0 Å². The van der Waals surface area contributed by atoms with E-state index in [2.05, 4.69) is 10.6 Å². The van der Waals surface area contributed by atoms with E-state index in [1.54, 1.807) is 42.5 Å². The summed E-state index contributed by atoms with van der Waals surface area (Å²) in [5, 5.41) is 14.2. The Morgan fingerprint density at radius 2 is 1.88 bits per heavy atom. The molecule has 0 unspecified atom stereocenters. The number of hydrogen-bond acceptors (Lipinski definition) is 4. The maximum Gasteiger partial charge on any atom is 0.259 e. The Bertz CT molecular complexity index is 815. The SMILES string of the molecule is COc1ccc(Cl)cc1C(=O)Nc1cccc(NC(=O)CC#N)c1. The standard InChI is InChI=1S/C17H14ClN3O3/c1-24-15-6-5-11(18)9-14(15)17(23)21-13-4-2-3-12(10-13)20-16(22)7-8-19/h2-6,9-10H,7H2,1H3,(H,20,22)(H,21,23). The smallest absolute Gasteiger partial charge is 0.259 e. The quantitative estimate of drug-likeness (QED) is 0.869. The van der Waals surface area contributed by atoms with Crippen LogP contribution in [-0.2, 0) is 4.79 Å². The van der Waals surface area contributed by atoms with Gasteiger partial charge in [0.15, 0.2) is 0 Å². The number of carbonyl (C=O) groups is 2. The van der Waals surface area contributed by atoms with E-state index < -0.39 is 11.8 Å². The highest BCUT2D eigenvalue weighted by molar-refractivity contribution is 6.31. The average molecular weight is 344 g/mol. The van der Waals surface area contributed by atoms with Crippen LogP contribution in [0.1, 0.15) is 16.8 Å². The summed E-state index contributed by atoms with van der Waals surface area (Å²) < 4.78 is 5.16. The van der Waals surface area contributed by atoms with Crippen molar-refractivity contribution in [2.24, 2.45) is 0 Å². The summed E-state index contributed by atoms with van der Waals surface area (Å²) in [4.78, 5) is 23.8. The Morgan fingerprint density at radius 3 is 2.54 bits per heavy atom. The van der Waals surface area contributed by atoms with Crippen molar-refractivity contribution in [1.82, 2.24) is 0 Å². The predicted octanol–water partition coefficient (Wildman–Crippen LogP) is 3.45. The molecular formula is C17H14ClN3O3. The van der Waals surface area contributed by atoms with Crippen molar-refractivity contribution >= 4 is 34.8 Å². The highest BCUT2D eigenvalue weighted by Crippen LogP contribution is 2.24. The number of nitrogens with one attached hydrogen (secondary N) is 2. The van der Waals surface area contributed by atoms with Gasteiger partial charge in [-0.3, -0.25) is 9.59 Å². The van der Waals surface area contributed by atoms with Gasteiger partial charge in [-0.2, -0.15) is 5.26 Å². The molecule has 0 atom stereocenters. The zero-order chi connectivity index (χ0) is 17.5. The highest BCUT2D eigenvalue weighted by atomic mass is 35.5. The van der Waals surface area contributed by atoms with Crippen molar-refractivity contribution in [3.63, 3.8) is 0 Å². The van der Waals surface area contributed by atoms with Crippen LogP contribution in [-0.4, -0.2) is 18.9 Å². The lowest BCUT2D eigenvalue weighted by Crippen LogP contribution is -2.14. The molecule has 0 saturated carbocycles. The zero-order valence-corrected chi connectivity index (χ0v) is 13.6. The molecule has 0 fully saturated rings. The van der Waals surface area contributed by atoms with Gasteiger partial charge in [0.2, 0.25) is 5.91 Å². The van der Waals surface area contributed by atoms with E-state index in [1.807, 2.05) is 0 Å². The first kappa shape index (κ1) is 17.3. The molecule has 7 heteroatoms. The average Bonchev–Trinajstić information content (AvgIpc) is 2.55. The molecule has 0 saturated heterocycles. The van der Waals surface area contributed by atoms with Crippen LogP contribution in [0.3, 0.4) is 0 Å². The Labute approximate surface area is 144 Å². The molecule has 2 N–H and O–H groups in total. The molecule has 0 heterocycles. The van der Waals surface area contributed by atoms with Gasteiger partial charge in [-0.05, 0) is 36.4 Å². The molecule has 24 heavy (non-hydrogen) atoms. The molecule has 2 aromatic rings. The summed E-state index contributed by atoms with van der Waals surface area (Å²) >= 11 is 5.92. The van der Waals surface area contributed by atoms with Crippen LogP contribution in [0.2, 0.25) is 5.02 Å². The minimum Gasteiger partial charge on any atom is -0.496 e. The minimum absolute atomic E-state index is 0.240. The normalized spacial score (nSPS) is 9.71. The molecule has 0 aliphatic rings. The first-order chi connectivity index (χ1) is 11.5. The van der Waals surface area contributed by atoms with E-state index in [9.17, 15) is 9.59 Å². The van der Waals surface area contributed by atoms with Gasteiger partial charge in [0.25, 0.3) is 5.91 Å². The monoisotopic (exact) mass is 343 g/mol. The predicted molar refractivity (Wildman–Crippen MR) is 91.3 cm³/mol. The Balaban J connectivity index is 2.17. The lowest BCUT2D eigenvalue weighted by molar-refractivity contribution is -0.115. The molecule has 0 aliphatic heterocycles. The summed E-state index contributed by atoms with van der Waals surface area (Å²) in [6, 6.07) is 13.1. The minimum atomic E-state index is -0.419. The molecule has 0 radical (unpaired) electrons. The second-order valence-electron chi connectivity index (χ2n) is 4.76. The van der Waals surface area contributed by atoms with E-state index in [0.29, 0.717) is 27.7 Å². The fraction of sp³-hybridized carbons (Fsp3) is 0.118. The van der Waals surface area contributed by atoms with Crippen molar-refractivity contribution < 1.29 is 14.3 Å². The van der Waals surface area contributed by atoms with Gasteiger partial charge >= 0.3 is 0 Å². The van der Waals surface area contributed by atoms with Gasteiger partial charge in [0.1, 0.15) is 12.2 Å². The van der Waals surface area contributed by atoms with Crippen molar-refractivity contribution in [2.45, 2.75) is 6.42 Å². The number of benzene rings is 2. The fourth-order valence-corrected chi connectivity index (χ4v) is 2.18. The zero-order valence-electron chi connectivity index (χ0n) is 12.8. The van der Waals surface area contributed by atoms with Crippen LogP contribution >= 0.6 is 11.6 Å². The number of hydrogen-bond donors (Lipinski definition) is 2. The lowest BCUT2D eigenvalue weighted by atomic mass is 10.1. The largest absolute Gasteiger partial charge is 0.496 e. The van der Waals surface area contributed by atoms with Crippen LogP contribution in [0.25, 0.3) is 0 Å². The van der Waals surface area contributed by atoms with Crippen molar-refractivity contribution in [2.75, 3.05) is 17.7 Å². The van der Waals surface area contributed by atoms with Crippen molar-refractivity contribution in [3.05, 3.63) is 53.1 Å². The first-order valence-electron chi connectivity index (χ1n) is 6.95. The number of rotatable bonds is 5. The van der Waals surface area contributed by atoms with Gasteiger partial charge in [0, 0.05) is 16.4 Å². The van der Waals surface area contributed by atoms with E-state index in [-0.39, 0.29) is 6.42 Å². The van der Waals surface area contributed by atoms with Crippen LogP contribution in [0.4, 0.5) is 11.4 Å². The molecule has 2 rings (SSSR count). The number of carbonyl (C=O) groups excluding carboxylic acids is 2. The van der Waals surface area contributed by atoms with Crippen LogP contribution in [0, 0.1) is 11.3 Å². The number of nitriles is 1. The maximum atomic E-state index is 12.4. The number of amides is 2. The number of halogens is 1. The second kappa shape index (κ2) is 7.99. The van der Waals surface area contributed by atoms with Crippen LogP contribution in [0.15, 0.2) is 42.5 Å². The second-order valence-corrected chi connectivity index (χ2v) is 5.20. The van der Waals surface area contributed by atoms with Crippen molar-refractivity contribution in [1.29, 1.82) is 5.26 Å². The Hall–Kier alpha value is -3.04. The molecule has 0 aromatic heterocycles. The molecule has 0 spiro atoms. The van der Waals surface area contributed by atoms with E-state index in [4.69, 9.17) is 21.6 Å². The van der Waals surface area contributed by atoms with Gasteiger partial charge in [-0.1, -0.05) is 17.7 Å². The molecule has 122 valence electrons. The Kier molecular flexibility index (Phi) is 5.77. The highest BCUT2D eigenvalue weighted by Gasteiger charge is 2.13. The Morgan fingerprint density at radius 1 is 1.17 bits per heavy atom. The fourth-order valence-electron chi connectivity index (χ4n) is 2.01. The summed E-state index contributed by atoms with van der Waals surface area (Å²) in [6.07, 6.45) is -0.240. The summed E-state index contributed by atoms with van der Waals surface area (Å²) in [5.74, 6) is -0.414. The maximum absolute atomic E-state index is 12.4. The number of ether oxygens (including phenoxy) is 1. The third-order valence-corrected chi connectivity index (χ3v) is 3.29. The molecule has 2 aromatic carbocycles. The molecule has 6 nitrogen and oxygen atoms in total. The topological polar surface area (TPSA) is 91.2 Å². The van der Waals surface area contributed by atoms with Gasteiger partial charge in [0.05, 0.1) is 18.7 Å². The summed E-state index contributed by atoms with van der Waals surface area (Å²) in [6.45, 7) is 0. The number of methoxy groups -OCH3 is 1. The summed E-state index contributed by atoms with van der Waals surface area (Å²) in [5.41, 5.74) is 1.26. The molecule has 0 aliphatic carbocycles. The first-order valence-corrected chi connectivity index (χ1v) is 7.33. The number of anilines is 2. The lowest BCUT2D eigenvalue weighted by Gasteiger charge is -2.11. The molecule has 2 amide bonds. The third-order valence-electron chi connectivity index (χ3n) is 3.05. The van der Waals surface area contributed by atoms with Crippen molar-refractivity contribution in [3.8, 4) is 11.8 Å². The number of nitrogens with zero attached hydrogens (tertiary/aromatic N) is 1. The van der Waals surface area contributed by atoms with Crippen LogP contribution < -0.4 is 15.4 Å². The van der Waals surface area contributed by atoms with Gasteiger partial charge in [-0.15, -0.1) is 0 Å². The van der Waals surface area contributed by atoms with E-state index >= 15 is 0 Å². The third kappa shape index (κ3) is 4.48. The van der Waals surface area contributed by atoms with Gasteiger partial charge < -0.3 is 15.4 Å². The summed E-state index contributed by atoms with van der Waals surface area (Å²) in [7, 11) is 1.46. The van der Waals surface area contributed by atoms with Crippen LogP contribution in [0.5, 0.6) is 5.75 Å².